The van der Waals surface area contributed by atoms with Gasteiger partial charge in [0.1, 0.15) is 10.8 Å². The summed E-state index contributed by atoms with van der Waals surface area (Å²) in [5.74, 6) is 0.540. The highest BCUT2D eigenvalue weighted by Crippen LogP contribution is 2.30. The van der Waals surface area contributed by atoms with Crippen LogP contribution >= 0.6 is 22.9 Å². The first-order chi connectivity index (χ1) is 12.0. The second-order valence-corrected chi connectivity index (χ2v) is 6.92. The fourth-order valence-electron chi connectivity index (χ4n) is 2.42. The first-order valence-electron chi connectivity index (χ1n) is 7.70. The molecule has 3 aromatic rings. The third-order valence-electron chi connectivity index (χ3n) is 3.61. The second kappa shape index (κ2) is 7.68. The molecule has 0 unspecified atom stereocenters. The molecule has 2 aromatic carbocycles. The number of methoxy groups -OCH3 is 1. The molecule has 1 aromatic heterocycles. The van der Waals surface area contributed by atoms with Crippen LogP contribution in [0, 0.1) is 6.92 Å². The molecule has 1 N–H and O–H groups in total. The molecule has 0 saturated heterocycles. The van der Waals surface area contributed by atoms with Gasteiger partial charge in [-0.3, -0.25) is 4.79 Å². The lowest BCUT2D eigenvalue weighted by atomic mass is 10.1. The SMILES string of the molecule is COc1ccc(-c2csc(CC(=O)Nc3cccc(C)c3)n2)cc1Cl. The Labute approximate surface area is 155 Å². The van der Waals surface area contributed by atoms with Crippen molar-refractivity contribution in [2.24, 2.45) is 0 Å². The van der Waals surface area contributed by atoms with Gasteiger partial charge in [0.2, 0.25) is 5.91 Å². The maximum absolute atomic E-state index is 12.2. The average molecular weight is 373 g/mol. The van der Waals surface area contributed by atoms with E-state index in [9.17, 15) is 4.79 Å². The Morgan fingerprint density at radius 1 is 1.28 bits per heavy atom. The Balaban J connectivity index is 1.69. The van der Waals surface area contributed by atoms with E-state index in [1.165, 1.54) is 11.3 Å². The summed E-state index contributed by atoms with van der Waals surface area (Å²) in [6.07, 6.45) is 0.239. The number of anilines is 1. The summed E-state index contributed by atoms with van der Waals surface area (Å²) in [5.41, 5.74) is 3.59. The molecule has 0 aliphatic carbocycles. The lowest BCUT2D eigenvalue weighted by Gasteiger charge is -2.05. The number of ether oxygens (including phenoxy) is 1. The minimum absolute atomic E-state index is 0.0840. The highest BCUT2D eigenvalue weighted by Gasteiger charge is 2.11. The van der Waals surface area contributed by atoms with E-state index in [1.54, 1.807) is 13.2 Å². The number of benzene rings is 2. The number of thiazole rings is 1. The predicted molar refractivity (Wildman–Crippen MR) is 103 cm³/mol. The molecule has 0 aliphatic heterocycles. The number of halogens is 1. The van der Waals surface area contributed by atoms with Crippen LogP contribution in [0.2, 0.25) is 5.02 Å². The van der Waals surface area contributed by atoms with E-state index in [1.807, 2.05) is 48.7 Å². The Hall–Kier alpha value is -2.37. The van der Waals surface area contributed by atoms with Gasteiger partial charge in [-0.2, -0.15) is 0 Å². The summed E-state index contributed by atoms with van der Waals surface area (Å²) in [6.45, 7) is 1.99. The van der Waals surface area contributed by atoms with E-state index in [4.69, 9.17) is 16.3 Å². The fourth-order valence-corrected chi connectivity index (χ4v) is 3.48. The number of aryl methyl sites for hydroxylation is 1. The van der Waals surface area contributed by atoms with Crippen molar-refractivity contribution in [3.8, 4) is 17.0 Å². The van der Waals surface area contributed by atoms with Crippen LogP contribution in [0.5, 0.6) is 5.75 Å². The van der Waals surface area contributed by atoms with E-state index in [0.29, 0.717) is 10.8 Å². The molecule has 4 nitrogen and oxygen atoms in total. The van der Waals surface area contributed by atoms with Crippen LogP contribution in [-0.4, -0.2) is 18.0 Å². The van der Waals surface area contributed by atoms with Crippen molar-refractivity contribution >= 4 is 34.5 Å². The summed E-state index contributed by atoms with van der Waals surface area (Å²) in [7, 11) is 1.58. The van der Waals surface area contributed by atoms with Crippen molar-refractivity contribution in [3.63, 3.8) is 0 Å². The zero-order valence-corrected chi connectivity index (χ0v) is 15.4. The number of nitrogens with zero attached hydrogens (tertiary/aromatic N) is 1. The predicted octanol–water partition coefficient (Wildman–Crippen LogP) is 4.96. The maximum Gasteiger partial charge on any atom is 0.231 e. The number of nitrogens with one attached hydrogen (secondary N) is 1. The summed E-state index contributed by atoms with van der Waals surface area (Å²) >= 11 is 7.62. The van der Waals surface area contributed by atoms with Crippen LogP contribution in [0.4, 0.5) is 5.69 Å². The Morgan fingerprint density at radius 2 is 2.12 bits per heavy atom. The number of aromatic nitrogens is 1. The van der Waals surface area contributed by atoms with Crippen LogP contribution in [0.3, 0.4) is 0 Å². The lowest BCUT2D eigenvalue weighted by Crippen LogP contribution is -2.14. The van der Waals surface area contributed by atoms with Crippen molar-refractivity contribution in [1.82, 2.24) is 4.98 Å². The van der Waals surface area contributed by atoms with Crippen molar-refractivity contribution in [1.29, 1.82) is 0 Å². The number of rotatable bonds is 5. The Kier molecular flexibility index (Phi) is 5.36. The molecule has 0 aliphatic rings. The van der Waals surface area contributed by atoms with Gasteiger partial charge in [0.25, 0.3) is 0 Å². The second-order valence-electron chi connectivity index (χ2n) is 5.57. The molecular weight excluding hydrogens is 356 g/mol. The number of hydrogen-bond acceptors (Lipinski definition) is 4. The van der Waals surface area contributed by atoms with Crippen molar-refractivity contribution < 1.29 is 9.53 Å². The Morgan fingerprint density at radius 3 is 2.84 bits per heavy atom. The zero-order valence-electron chi connectivity index (χ0n) is 13.9. The van der Waals surface area contributed by atoms with Crippen molar-refractivity contribution in [2.75, 3.05) is 12.4 Å². The van der Waals surface area contributed by atoms with Crippen LogP contribution in [0.25, 0.3) is 11.3 Å². The first kappa shape index (κ1) is 17.5. The van der Waals surface area contributed by atoms with Crippen LogP contribution in [0.1, 0.15) is 10.6 Å². The van der Waals surface area contributed by atoms with E-state index in [0.717, 1.165) is 27.5 Å². The van der Waals surface area contributed by atoms with Gasteiger partial charge in [0.05, 0.1) is 24.2 Å². The highest BCUT2D eigenvalue weighted by atomic mass is 35.5. The maximum atomic E-state index is 12.2. The summed E-state index contributed by atoms with van der Waals surface area (Å²) in [4.78, 5) is 16.7. The summed E-state index contributed by atoms with van der Waals surface area (Å²) in [5, 5.41) is 6.11. The first-order valence-corrected chi connectivity index (χ1v) is 8.96. The van der Waals surface area contributed by atoms with Gasteiger partial charge in [-0.1, -0.05) is 23.7 Å². The van der Waals surface area contributed by atoms with Gasteiger partial charge < -0.3 is 10.1 Å². The molecule has 0 atom stereocenters. The van der Waals surface area contributed by atoms with E-state index >= 15 is 0 Å². The minimum Gasteiger partial charge on any atom is -0.495 e. The molecule has 25 heavy (non-hydrogen) atoms. The molecule has 128 valence electrons. The zero-order chi connectivity index (χ0) is 17.8. The topological polar surface area (TPSA) is 51.2 Å². The molecule has 0 saturated carbocycles. The summed E-state index contributed by atoms with van der Waals surface area (Å²) in [6, 6.07) is 13.2. The largest absolute Gasteiger partial charge is 0.495 e. The summed E-state index contributed by atoms with van der Waals surface area (Å²) < 4.78 is 5.16. The highest BCUT2D eigenvalue weighted by molar-refractivity contribution is 7.10. The van der Waals surface area contributed by atoms with E-state index in [2.05, 4.69) is 10.3 Å². The van der Waals surface area contributed by atoms with Crippen LogP contribution < -0.4 is 10.1 Å². The Bertz CT molecular complexity index is 908. The number of amides is 1. The van der Waals surface area contributed by atoms with Crippen LogP contribution in [0.15, 0.2) is 47.8 Å². The van der Waals surface area contributed by atoms with Gasteiger partial charge in [-0.05, 0) is 42.8 Å². The quantitative estimate of drug-likeness (QED) is 0.688. The molecule has 6 heteroatoms. The third kappa shape index (κ3) is 4.38. The molecule has 0 radical (unpaired) electrons. The molecule has 1 amide bonds. The van der Waals surface area contributed by atoms with Gasteiger partial charge in [0.15, 0.2) is 0 Å². The lowest BCUT2D eigenvalue weighted by molar-refractivity contribution is -0.115. The molecule has 3 rings (SSSR count). The number of carbonyl (C=O) groups excluding carboxylic acids is 1. The third-order valence-corrected chi connectivity index (χ3v) is 4.76. The molecule has 0 fully saturated rings. The van der Waals surface area contributed by atoms with Crippen molar-refractivity contribution in [2.45, 2.75) is 13.3 Å². The number of carbonyl (C=O) groups is 1. The van der Waals surface area contributed by atoms with E-state index < -0.39 is 0 Å². The normalized spacial score (nSPS) is 10.5. The van der Waals surface area contributed by atoms with Gasteiger partial charge in [-0.25, -0.2) is 4.98 Å². The molecule has 1 heterocycles. The average Bonchev–Trinajstić information content (AvgIpc) is 3.03. The molecule has 0 bridgehead atoms. The van der Waals surface area contributed by atoms with Gasteiger partial charge in [0, 0.05) is 16.6 Å². The number of hydrogen-bond donors (Lipinski definition) is 1. The van der Waals surface area contributed by atoms with E-state index in [-0.39, 0.29) is 12.3 Å². The molecule has 0 spiro atoms. The fraction of sp³-hybridized carbons (Fsp3) is 0.158. The smallest absolute Gasteiger partial charge is 0.231 e. The van der Waals surface area contributed by atoms with Crippen molar-refractivity contribution in [3.05, 3.63) is 63.4 Å². The van der Waals surface area contributed by atoms with Crippen LogP contribution in [-0.2, 0) is 11.2 Å². The minimum atomic E-state index is -0.0840. The van der Waals surface area contributed by atoms with Gasteiger partial charge in [-0.15, -0.1) is 11.3 Å². The van der Waals surface area contributed by atoms with Gasteiger partial charge >= 0.3 is 0 Å². The monoisotopic (exact) mass is 372 g/mol. The standard InChI is InChI=1S/C19H17ClN2O2S/c1-12-4-3-5-14(8-12)21-18(23)10-19-22-16(11-25-19)13-6-7-17(24-2)15(20)9-13/h3-9,11H,10H2,1-2H3,(H,21,23). The molecular formula is C19H17ClN2O2S.